The number of rotatable bonds is 5. The van der Waals surface area contributed by atoms with E-state index in [4.69, 9.17) is 0 Å². The third kappa shape index (κ3) is 3.78. The SMILES string of the molecule is Cc1ccc2c(NCCN3CCN(c4ccccc4)CC3)ccnc2n1. The van der Waals surface area contributed by atoms with Crippen LogP contribution in [0.5, 0.6) is 0 Å². The molecule has 4 rings (SSSR count). The number of hydrogen-bond donors (Lipinski definition) is 1. The van der Waals surface area contributed by atoms with Crippen molar-refractivity contribution in [3.63, 3.8) is 0 Å². The molecule has 134 valence electrons. The summed E-state index contributed by atoms with van der Waals surface area (Å²) in [7, 11) is 0. The molecule has 5 heteroatoms. The smallest absolute Gasteiger partial charge is 0.161 e. The average Bonchev–Trinajstić information content (AvgIpc) is 2.69. The lowest BCUT2D eigenvalue weighted by Crippen LogP contribution is -2.47. The minimum atomic E-state index is 0.812. The summed E-state index contributed by atoms with van der Waals surface area (Å²) in [6.07, 6.45) is 1.83. The molecule has 3 heterocycles. The van der Waals surface area contributed by atoms with Crippen LogP contribution in [0.25, 0.3) is 11.0 Å². The number of anilines is 2. The molecule has 0 amide bonds. The molecule has 0 radical (unpaired) electrons. The predicted octanol–water partition coefficient (Wildman–Crippen LogP) is 3.17. The van der Waals surface area contributed by atoms with Gasteiger partial charge in [-0.1, -0.05) is 18.2 Å². The first-order valence-corrected chi connectivity index (χ1v) is 9.28. The number of nitrogens with one attached hydrogen (secondary N) is 1. The van der Waals surface area contributed by atoms with Crippen LogP contribution in [0.3, 0.4) is 0 Å². The second-order valence-corrected chi connectivity index (χ2v) is 6.77. The van der Waals surface area contributed by atoms with Crippen molar-refractivity contribution in [3.8, 4) is 0 Å². The van der Waals surface area contributed by atoms with E-state index in [9.17, 15) is 0 Å². The van der Waals surface area contributed by atoms with Gasteiger partial charge in [-0.2, -0.15) is 0 Å². The number of nitrogens with zero attached hydrogens (tertiary/aromatic N) is 4. The Morgan fingerprint density at radius 2 is 1.77 bits per heavy atom. The first kappa shape index (κ1) is 16.8. The maximum Gasteiger partial charge on any atom is 0.161 e. The van der Waals surface area contributed by atoms with E-state index in [-0.39, 0.29) is 0 Å². The molecule has 26 heavy (non-hydrogen) atoms. The third-order valence-corrected chi connectivity index (χ3v) is 4.98. The lowest BCUT2D eigenvalue weighted by molar-refractivity contribution is 0.267. The topological polar surface area (TPSA) is 44.3 Å². The Balaban J connectivity index is 1.30. The van der Waals surface area contributed by atoms with Crippen LogP contribution in [0.15, 0.2) is 54.7 Å². The average molecular weight is 347 g/mol. The summed E-state index contributed by atoms with van der Waals surface area (Å²) >= 11 is 0. The Bertz CT molecular complexity index is 857. The number of pyridine rings is 2. The van der Waals surface area contributed by atoms with Gasteiger partial charge in [0.25, 0.3) is 0 Å². The molecular weight excluding hydrogens is 322 g/mol. The van der Waals surface area contributed by atoms with Crippen molar-refractivity contribution in [2.45, 2.75) is 6.92 Å². The van der Waals surface area contributed by atoms with Gasteiger partial charge in [0, 0.05) is 67.9 Å². The molecule has 0 spiro atoms. The van der Waals surface area contributed by atoms with E-state index in [1.165, 1.54) is 5.69 Å². The van der Waals surface area contributed by atoms with Gasteiger partial charge in [0.15, 0.2) is 5.65 Å². The van der Waals surface area contributed by atoms with Crippen LogP contribution in [0, 0.1) is 6.92 Å². The minimum absolute atomic E-state index is 0.812. The standard InChI is InChI=1S/C21H25N5/c1-17-7-8-19-20(9-10-23-21(19)24-17)22-11-12-25-13-15-26(16-14-25)18-5-3-2-4-6-18/h2-10H,11-16H2,1H3,(H,22,23,24). The van der Waals surface area contributed by atoms with Crippen LogP contribution in [0.1, 0.15) is 5.69 Å². The molecule has 0 unspecified atom stereocenters. The first-order valence-electron chi connectivity index (χ1n) is 9.28. The third-order valence-electron chi connectivity index (χ3n) is 4.98. The first-order chi connectivity index (χ1) is 12.8. The van der Waals surface area contributed by atoms with E-state index in [1.807, 2.05) is 25.3 Å². The van der Waals surface area contributed by atoms with Gasteiger partial charge in [-0.3, -0.25) is 4.90 Å². The monoisotopic (exact) mass is 347 g/mol. The Kier molecular flexibility index (Phi) is 4.97. The largest absolute Gasteiger partial charge is 0.383 e. The zero-order valence-electron chi connectivity index (χ0n) is 15.2. The molecule has 0 saturated carbocycles. The summed E-state index contributed by atoms with van der Waals surface area (Å²) < 4.78 is 0. The van der Waals surface area contributed by atoms with E-state index in [0.29, 0.717) is 0 Å². The van der Waals surface area contributed by atoms with Crippen molar-refractivity contribution in [1.82, 2.24) is 14.9 Å². The van der Waals surface area contributed by atoms with E-state index in [2.05, 4.69) is 61.5 Å². The molecule has 1 N–H and O–H groups in total. The number of benzene rings is 1. The Hall–Kier alpha value is -2.66. The second kappa shape index (κ2) is 7.70. The summed E-state index contributed by atoms with van der Waals surface area (Å²) in [5.41, 5.74) is 4.26. The maximum atomic E-state index is 4.50. The zero-order chi connectivity index (χ0) is 17.8. The number of hydrogen-bond acceptors (Lipinski definition) is 5. The summed E-state index contributed by atoms with van der Waals surface area (Å²) in [4.78, 5) is 13.9. The molecule has 0 atom stereocenters. The second-order valence-electron chi connectivity index (χ2n) is 6.77. The fraction of sp³-hybridized carbons (Fsp3) is 0.333. The van der Waals surface area contributed by atoms with Crippen LogP contribution < -0.4 is 10.2 Å². The van der Waals surface area contributed by atoms with Crippen LogP contribution in [0.2, 0.25) is 0 Å². The molecule has 1 fully saturated rings. The lowest BCUT2D eigenvalue weighted by Gasteiger charge is -2.36. The van der Waals surface area contributed by atoms with E-state index >= 15 is 0 Å². The maximum absolute atomic E-state index is 4.50. The summed E-state index contributed by atoms with van der Waals surface area (Å²) in [5.74, 6) is 0. The molecule has 1 aliphatic heterocycles. The van der Waals surface area contributed by atoms with Gasteiger partial charge in [-0.05, 0) is 37.3 Å². The van der Waals surface area contributed by atoms with Gasteiger partial charge in [-0.25, -0.2) is 9.97 Å². The Morgan fingerprint density at radius 1 is 0.962 bits per heavy atom. The van der Waals surface area contributed by atoms with Crippen molar-refractivity contribution in [2.75, 3.05) is 49.5 Å². The zero-order valence-corrected chi connectivity index (χ0v) is 15.2. The molecule has 3 aromatic rings. The summed E-state index contributed by atoms with van der Waals surface area (Å²) in [6, 6.07) is 16.9. The number of aryl methyl sites for hydroxylation is 1. The summed E-state index contributed by atoms with van der Waals surface area (Å²) in [5, 5.41) is 4.65. The van der Waals surface area contributed by atoms with Crippen molar-refractivity contribution >= 4 is 22.4 Å². The van der Waals surface area contributed by atoms with Gasteiger partial charge in [0.2, 0.25) is 0 Å². The number of para-hydroxylation sites is 1. The highest BCUT2D eigenvalue weighted by Crippen LogP contribution is 2.20. The molecular formula is C21H25N5. The van der Waals surface area contributed by atoms with Gasteiger partial charge in [-0.15, -0.1) is 0 Å². The molecule has 1 aromatic carbocycles. The Morgan fingerprint density at radius 3 is 2.58 bits per heavy atom. The summed E-state index contributed by atoms with van der Waals surface area (Å²) in [6.45, 7) is 8.36. The van der Waals surface area contributed by atoms with E-state index < -0.39 is 0 Å². The van der Waals surface area contributed by atoms with Crippen LogP contribution in [0.4, 0.5) is 11.4 Å². The van der Waals surface area contributed by atoms with Crippen molar-refractivity contribution in [3.05, 3.63) is 60.4 Å². The van der Waals surface area contributed by atoms with Gasteiger partial charge < -0.3 is 10.2 Å². The number of fused-ring (bicyclic) bond motifs is 1. The lowest BCUT2D eigenvalue weighted by atomic mass is 10.2. The quantitative estimate of drug-likeness (QED) is 0.768. The van der Waals surface area contributed by atoms with Crippen molar-refractivity contribution in [1.29, 1.82) is 0 Å². The fourth-order valence-corrected chi connectivity index (χ4v) is 3.50. The Labute approximate surface area is 154 Å². The van der Waals surface area contributed by atoms with Crippen molar-refractivity contribution < 1.29 is 0 Å². The molecule has 1 saturated heterocycles. The predicted molar refractivity (Wildman–Crippen MR) is 108 cm³/mol. The van der Waals surface area contributed by atoms with E-state index in [1.54, 1.807) is 0 Å². The van der Waals surface area contributed by atoms with Crippen molar-refractivity contribution in [2.24, 2.45) is 0 Å². The number of piperazine rings is 1. The highest BCUT2D eigenvalue weighted by atomic mass is 15.3. The molecule has 0 bridgehead atoms. The van der Waals surface area contributed by atoms with Crippen LogP contribution >= 0.6 is 0 Å². The molecule has 5 nitrogen and oxygen atoms in total. The van der Waals surface area contributed by atoms with Crippen LogP contribution in [-0.4, -0.2) is 54.1 Å². The molecule has 0 aliphatic carbocycles. The molecule has 1 aliphatic rings. The van der Waals surface area contributed by atoms with Crippen LogP contribution in [-0.2, 0) is 0 Å². The normalized spacial score (nSPS) is 15.3. The van der Waals surface area contributed by atoms with E-state index in [0.717, 1.165) is 61.7 Å². The van der Waals surface area contributed by atoms with Gasteiger partial charge in [0.1, 0.15) is 0 Å². The highest BCUT2D eigenvalue weighted by Gasteiger charge is 2.16. The highest BCUT2D eigenvalue weighted by molar-refractivity contribution is 5.88. The van der Waals surface area contributed by atoms with Gasteiger partial charge >= 0.3 is 0 Å². The minimum Gasteiger partial charge on any atom is -0.383 e. The molecule has 2 aromatic heterocycles. The fourth-order valence-electron chi connectivity index (χ4n) is 3.50. The number of aromatic nitrogens is 2. The van der Waals surface area contributed by atoms with Gasteiger partial charge in [0.05, 0.1) is 0 Å².